The predicted octanol–water partition coefficient (Wildman–Crippen LogP) is -33.7. The number of rotatable bonds is 45. The van der Waals surface area contributed by atoms with E-state index in [0.717, 1.165) is 21.2 Å². The summed E-state index contributed by atoms with van der Waals surface area (Å²) in [6.07, 6.45) is -68.3. The highest BCUT2D eigenvalue weighted by atomic mass is 13.5. The summed E-state index contributed by atoms with van der Waals surface area (Å²) < 4.78 is 0. The van der Waals surface area contributed by atoms with Crippen LogP contribution in [0.25, 0.3) is 0 Å². The fourth-order valence-corrected chi connectivity index (χ4v) is 16.3. The van der Waals surface area contributed by atoms with Crippen molar-refractivity contribution in [1.29, 1.82) is 0 Å². The topological polar surface area (TPSA) is 0 Å². The SMILES string of the molecule is [B][B]B([B])B(B([B])[B])B(B(B(B([B])[B])B([B])[B])B(B([B])[B])B([B])[B])B(B(B(C)B(B(B([B])[B])B([B])[B])B(B([B])[B][B])B(B([B])[B])B([B])[B])B(B(B([B])[B])B([B])[B])B(B([B])B([B])[B])B(B([B])[B])B([B])[B])B(B(B([B])[B])B([B])[B])B(B([B][B])B([B])[B])B(B([B])[B])B([B])[B]. The zero-order valence-electron chi connectivity index (χ0n) is 53.0. The molecular formula is CH3B90. The largest absolute Gasteiger partial charge is 0.101 e. The molecule has 0 bridgehead atoms. The highest BCUT2D eigenvalue weighted by molar-refractivity contribution is 8.40. The van der Waals surface area contributed by atoms with Crippen molar-refractivity contribution in [2.24, 2.45) is 0 Å². The monoisotopic (exact) mass is 1010 g/mol. The van der Waals surface area contributed by atoms with Crippen molar-refractivity contribution in [3.05, 3.63) is 0 Å². The van der Waals surface area contributed by atoms with Crippen LogP contribution in [-0.2, 0) is 0 Å². The van der Waals surface area contributed by atoms with Crippen LogP contribution in [0.4, 0.5) is 0 Å². The van der Waals surface area contributed by atoms with Gasteiger partial charge in [0.1, 0.15) is 0 Å². The smallest absolute Gasteiger partial charge is 0.0413 e. The Morgan fingerprint density at radius 3 is 0.560 bits per heavy atom. The van der Waals surface area contributed by atoms with E-state index in [-0.39, 0.29) is 0 Å². The molecule has 0 aliphatic rings. The summed E-state index contributed by atoms with van der Waals surface area (Å²) in [6, 6.07) is 0. The molecule has 0 heterocycles. The number of hydrogen-bond acceptors (Lipinski definition) is 0. The molecule has 0 fully saturated rings. The second-order valence-electron chi connectivity index (χ2n) is 25.7. The first kappa shape index (κ1) is 96.8. The average Bonchev–Trinajstić information content (AvgIpc) is 0.721. The first-order chi connectivity index (χ1) is 41.6. The maximum absolute atomic E-state index is 7.46. The van der Waals surface area contributed by atoms with Crippen LogP contribution in [0, 0.1) is 0 Å². The second kappa shape index (κ2) is 45.4. The van der Waals surface area contributed by atoms with Crippen LogP contribution in [0.1, 0.15) is 0 Å². The quantitative estimate of drug-likeness (QED) is 0.0534. The van der Waals surface area contributed by atoms with Gasteiger partial charge in [-0.15, -0.1) is 6.82 Å². The molecule has 0 saturated heterocycles. The van der Waals surface area contributed by atoms with Crippen LogP contribution in [0.3, 0.4) is 0 Å². The van der Waals surface area contributed by atoms with E-state index < -0.39 is 275 Å². The van der Waals surface area contributed by atoms with E-state index in [1.165, 1.54) is 0 Å². The van der Waals surface area contributed by atoms with Gasteiger partial charge in [0.15, 0.2) is 0 Å². The minimum atomic E-state index is -1.88. The Morgan fingerprint density at radius 1 is 0.154 bits per heavy atom. The van der Waals surface area contributed by atoms with Crippen LogP contribution in [0.15, 0.2) is 0 Å². The van der Waals surface area contributed by atoms with Gasteiger partial charge >= 0.3 is 0 Å². The Bertz CT molecular complexity index is 1750. The van der Waals surface area contributed by atoms with Gasteiger partial charge in [0.05, 0.1) is 0 Å². The molecule has 0 aliphatic carbocycles. The minimum absolute atomic E-state index is 1.04. The van der Waals surface area contributed by atoms with Crippen LogP contribution in [0.5, 0.6) is 0 Å². The number of hydrogen-bond donors (Lipinski definition) is 0. The lowest BCUT2D eigenvalue weighted by Crippen LogP contribution is -2.99. The molecule has 0 aromatic rings. The fourth-order valence-electron chi connectivity index (χ4n) is 16.3. The molecule has 91 heavy (non-hydrogen) atoms. The zero-order chi connectivity index (χ0) is 71.9. The minimum Gasteiger partial charge on any atom is -0.101 e. The lowest BCUT2D eigenvalue weighted by Gasteiger charge is -2.61. The van der Waals surface area contributed by atoms with Gasteiger partial charge in [-0.2, -0.15) is 0 Å². The molecule has 0 rings (SSSR count). The molecule has 0 aromatic heterocycles. The van der Waals surface area contributed by atoms with Crippen LogP contribution < -0.4 is 0 Å². The van der Waals surface area contributed by atoms with Crippen molar-refractivity contribution < 1.29 is 0 Å². The Labute approximate surface area is 636 Å². The fraction of sp³-hybridized carbons (Fsp3) is 1.00. The van der Waals surface area contributed by atoms with Gasteiger partial charge in [0.25, 0.3) is 0 Å². The lowest BCUT2D eigenvalue weighted by molar-refractivity contribution is 2.32. The average molecular weight is 988 g/mol. The molecule has 90 heteroatoms. The Morgan fingerprint density at radius 2 is 0.330 bits per heavy atom. The third-order valence-electron chi connectivity index (χ3n) is 19.7. The van der Waals surface area contributed by atoms with E-state index in [1.807, 2.05) is 0 Å². The summed E-state index contributed by atoms with van der Waals surface area (Å²) >= 11 is 0. The van der Waals surface area contributed by atoms with Gasteiger partial charge in [-0.3, -0.25) is 0 Å². The van der Waals surface area contributed by atoms with Gasteiger partial charge in [0.2, 0.25) is 0 Å². The zero-order valence-corrected chi connectivity index (χ0v) is 53.0. The molecule has 0 aliphatic heterocycles. The van der Waals surface area contributed by atoms with Gasteiger partial charge in [-0.05, 0) is 0 Å². The summed E-state index contributed by atoms with van der Waals surface area (Å²) in [4.78, 5) is 0. The molecule has 0 saturated carbocycles. The van der Waals surface area contributed by atoms with Gasteiger partial charge in [0, 0.05) is 636 Å². The molecule has 0 atom stereocenters. The van der Waals surface area contributed by atoms with E-state index in [9.17, 15) is 0 Å². The van der Waals surface area contributed by atoms with Crippen LogP contribution in [-0.4, -0.2) is 636 Å². The van der Waals surface area contributed by atoms with Gasteiger partial charge in [-0.25, -0.2) is 0 Å². The molecule has 0 unspecified atom stereocenters. The van der Waals surface area contributed by atoms with E-state index in [1.54, 1.807) is 6.82 Å². The van der Waals surface area contributed by atoms with Crippen molar-refractivity contribution in [1.82, 2.24) is 0 Å². The third-order valence-corrected chi connectivity index (χ3v) is 19.7. The normalized spacial score (nSPS) is 9.77. The molecule has 0 spiro atoms. The van der Waals surface area contributed by atoms with Gasteiger partial charge < -0.3 is 0 Å². The Balaban J connectivity index is 13.2. The first-order valence-electron chi connectivity index (χ1n) is 30.2. The van der Waals surface area contributed by atoms with Crippen molar-refractivity contribution in [3.63, 3.8) is 0 Å². The molecule has 0 aromatic carbocycles. The summed E-state index contributed by atoms with van der Waals surface area (Å²) in [5, 5.41) is 0. The summed E-state index contributed by atoms with van der Waals surface area (Å²) in [7, 11) is 310. The van der Waals surface area contributed by atoms with Crippen molar-refractivity contribution in [3.8, 4) is 0 Å². The van der Waals surface area contributed by atoms with E-state index >= 15 is 0 Å². The highest BCUT2D eigenvalue weighted by Crippen LogP contribution is 2.28. The van der Waals surface area contributed by atoms with Gasteiger partial charge in [-0.1, -0.05) is 0 Å². The molecule has 277 valence electrons. The highest BCUT2D eigenvalue weighted by Gasteiger charge is 2.66. The third kappa shape index (κ3) is 26.1. The Hall–Kier alpha value is 5.84. The molecule has 0 N–H and O–H groups in total. The van der Waals surface area contributed by atoms with Crippen molar-refractivity contribution >= 4 is 636 Å². The Kier molecular flexibility index (Phi) is 48.3. The molecular weight excluding hydrogens is 985 g/mol. The summed E-state index contributed by atoms with van der Waals surface area (Å²) in [5.41, 5.74) is 0. The van der Waals surface area contributed by atoms with Crippen LogP contribution in [0.2, 0.25) is 6.82 Å². The maximum atomic E-state index is 7.46. The second-order valence-corrected chi connectivity index (χ2v) is 25.7. The lowest BCUT2D eigenvalue weighted by atomic mass is 8.21. The maximum Gasteiger partial charge on any atom is 0.0413 e. The van der Waals surface area contributed by atoms with E-state index in [0.29, 0.717) is 0 Å². The molecule has 0 nitrogen and oxygen atoms in total. The first-order valence-corrected chi connectivity index (χ1v) is 30.2. The summed E-state index contributed by atoms with van der Waals surface area (Å²) in [5.74, 6) is 0. The predicted molar refractivity (Wildman–Crippen MR) is 524 cm³/mol. The molecule has 0 amide bonds. The van der Waals surface area contributed by atoms with Crippen LogP contribution >= 0.6 is 0 Å². The van der Waals surface area contributed by atoms with E-state index in [2.05, 4.69) is 0 Å². The van der Waals surface area contributed by atoms with Crippen molar-refractivity contribution in [2.45, 2.75) is 6.82 Å². The molecule has 91 radical (unpaired) electrons. The van der Waals surface area contributed by atoms with Crippen molar-refractivity contribution in [2.75, 3.05) is 0 Å². The standard InChI is InChI=1S/CH3B90/c1-49(73(75(52(9)10)53(11)12)84(70(44)47-3)76(54(13)14)55(15)16)74(87(79(60(25)26)61(27)28)85(71(45)50(5)6)77(56(17)18)57(19)20)88(90(82(66(37)38)67(39)40)86(72(48-4)51(7)8)78(58(21)22)59(23)24)91(83(68(41)42)69(43)46-2)89(80(62(29)30)63(31)32)81(64(33)34)65(35)36/h1H3. The summed E-state index contributed by atoms with van der Waals surface area (Å²) in [6.45, 7) is 0.0799. The van der Waals surface area contributed by atoms with E-state index in [4.69, 9.17) is 340 Å².